The van der Waals surface area contributed by atoms with Gasteiger partial charge in [-0.05, 0) is 52.7 Å². The number of rotatable bonds is 7. The summed E-state index contributed by atoms with van der Waals surface area (Å²) in [4.78, 5) is 25.2. The molecule has 6 nitrogen and oxygen atoms in total. The molecule has 0 atom stereocenters. The summed E-state index contributed by atoms with van der Waals surface area (Å²) in [6, 6.07) is 10.5. The van der Waals surface area contributed by atoms with Crippen LogP contribution in [-0.4, -0.2) is 25.0 Å². The van der Waals surface area contributed by atoms with Gasteiger partial charge in [0.15, 0.2) is 11.5 Å². The van der Waals surface area contributed by atoms with E-state index in [2.05, 4.69) is 27.9 Å². The number of amides is 2. The molecule has 0 aliphatic carbocycles. The zero-order chi connectivity index (χ0) is 21.0. The molecule has 3 rings (SSSR count). The first kappa shape index (κ1) is 21.0. The van der Waals surface area contributed by atoms with Crippen molar-refractivity contribution < 1.29 is 19.1 Å². The molecule has 1 aliphatic heterocycles. The van der Waals surface area contributed by atoms with Gasteiger partial charge in [-0.15, -0.1) is 0 Å². The van der Waals surface area contributed by atoms with Crippen LogP contribution in [0.2, 0.25) is 5.02 Å². The molecule has 8 heteroatoms. The zero-order valence-corrected chi connectivity index (χ0v) is 17.9. The predicted octanol–water partition coefficient (Wildman–Crippen LogP) is 4.53. The Morgan fingerprint density at radius 2 is 1.97 bits per heavy atom. The fourth-order valence-electron chi connectivity index (χ4n) is 2.72. The van der Waals surface area contributed by atoms with E-state index in [1.807, 2.05) is 13.0 Å². The number of hydrogen-bond donors (Lipinski definition) is 1. The van der Waals surface area contributed by atoms with E-state index >= 15 is 0 Å². The summed E-state index contributed by atoms with van der Waals surface area (Å²) in [6.45, 7) is 6.09. The first-order valence-corrected chi connectivity index (χ1v) is 9.95. The monoisotopic (exact) mass is 476 g/mol. The Balaban J connectivity index is 2.02. The Morgan fingerprint density at radius 3 is 2.62 bits per heavy atom. The van der Waals surface area contributed by atoms with E-state index in [-0.39, 0.29) is 17.2 Å². The second-order valence-electron chi connectivity index (χ2n) is 5.93. The third kappa shape index (κ3) is 4.31. The van der Waals surface area contributed by atoms with E-state index < -0.39 is 11.8 Å². The van der Waals surface area contributed by atoms with Gasteiger partial charge in [-0.3, -0.25) is 15.0 Å². The lowest BCUT2D eigenvalue weighted by Gasteiger charge is -2.15. The number of ether oxygens (including phenoxy) is 2. The van der Waals surface area contributed by atoms with Crippen molar-refractivity contribution >= 4 is 51.1 Å². The van der Waals surface area contributed by atoms with Gasteiger partial charge in [0.05, 0.1) is 12.3 Å². The molecule has 1 saturated heterocycles. The first-order chi connectivity index (χ1) is 14.0. The molecule has 2 aromatic carbocycles. The number of carbonyl (C=O) groups excluding carboxylic acids is 2. The van der Waals surface area contributed by atoms with E-state index in [0.717, 1.165) is 0 Å². The molecule has 0 bridgehead atoms. The van der Waals surface area contributed by atoms with Crippen molar-refractivity contribution in [1.82, 2.24) is 5.43 Å². The average molecular weight is 478 g/mol. The van der Waals surface area contributed by atoms with Gasteiger partial charge in [-0.2, -0.15) is 0 Å². The molecule has 1 fully saturated rings. The van der Waals surface area contributed by atoms with Crippen molar-refractivity contribution in [3.8, 4) is 11.5 Å². The minimum atomic E-state index is -0.508. The fourth-order valence-corrected chi connectivity index (χ4v) is 3.39. The van der Waals surface area contributed by atoms with Crippen molar-refractivity contribution in [3.63, 3.8) is 0 Å². The molecule has 1 aliphatic rings. The highest BCUT2D eigenvalue weighted by Gasteiger charge is 2.34. The molecule has 2 amide bonds. The summed E-state index contributed by atoms with van der Waals surface area (Å²) in [5.74, 6) is -0.211. The molecular weight excluding hydrogens is 460 g/mol. The van der Waals surface area contributed by atoms with Crippen LogP contribution < -0.4 is 19.9 Å². The Morgan fingerprint density at radius 1 is 1.24 bits per heavy atom. The third-order valence-electron chi connectivity index (χ3n) is 4.01. The van der Waals surface area contributed by atoms with Crippen LogP contribution in [-0.2, 0) is 9.59 Å². The van der Waals surface area contributed by atoms with Crippen LogP contribution in [0.4, 0.5) is 5.69 Å². The van der Waals surface area contributed by atoms with Crippen molar-refractivity contribution in [2.24, 2.45) is 0 Å². The van der Waals surface area contributed by atoms with Crippen molar-refractivity contribution in [1.29, 1.82) is 0 Å². The zero-order valence-electron chi connectivity index (χ0n) is 15.6. The van der Waals surface area contributed by atoms with Crippen molar-refractivity contribution in [2.45, 2.75) is 6.92 Å². The predicted molar refractivity (Wildman–Crippen MR) is 116 cm³/mol. The average Bonchev–Trinajstić information content (AvgIpc) is 3.00. The van der Waals surface area contributed by atoms with Gasteiger partial charge in [0.1, 0.15) is 17.2 Å². The Bertz CT molecular complexity index is 992. The number of benzene rings is 2. The lowest BCUT2D eigenvalue weighted by molar-refractivity contribution is -0.117. The lowest BCUT2D eigenvalue weighted by Crippen LogP contribution is -2.35. The maximum atomic E-state index is 12.8. The van der Waals surface area contributed by atoms with Crippen molar-refractivity contribution in [2.75, 3.05) is 18.2 Å². The summed E-state index contributed by atoms with van der Waals surface area (Å²) in [7, 11) is 0. The highest BCUT2D eigenvalue weighted by molar-refractivity contribution is 9.10. The Hall–Kier alpha value is -2.77. The van der Waals surface area contributed by atoms with Crippen LogP contribution in [0.5, 0.6) is 11.5 Å². The molecule has 29 heavy (non-hydrogen) atoms. The minimum Gasteiger partial charge on any atom is -0.490 e. The quantitative estimate of drug-likeness (QED) is 0.361. The molecule has 0 unspecified atom stereocenters. The van der Waals surface area contributed by atoms with Crippen LogP contribution >= 0.6 is 27.5 Å². The first-order valence-electron chi connectivity index (χ1n) is 8.78. The fraction of sp³-hybridized carbons (Fsp3) is 0.143. The van der Waals surface area contributed by atoms with Gasteiger partial charge in [-0.25, -0.2) is 5.01 Å². The largest absolute Gasteiger partial charge is 0.490 e. The number of nitrogens with zero attached hydrogens (tertiary/aromatic N) is 1. The summed E-state index contributed by atoms with van der Waals surface area (Å²) in [5, 5.41) is 1.48. The number of hydrazine groups is 1. The number of halogens is 2. The third-order valence-corrected chi connectivity index (χ3v) is 5.45. The topological polar surface area (TPSA) is 67.9 Å². The maximum Gasteiger partial charge on any atom is 0.282 e. The highest BCUT2D eigenvalue weighted by atomic mass is 79.9. The van der Waals surface area contributed by atoms with Gasteiger partial charge in [-0.1, -0.05) is 42.5 Å². The molecular formula is C21H18BrClN2O4. The summed E-state index contributed by atoms with van der Waals surface area (Å²) >= 11 is 9.87. The smallest absolute Gasteiger partial charge is 0.282 e. The second-order valence-corrected chi connectivity index (χ2v) is 7.10. The normalized spacial score (nSPS) is 14.9. The van der Waals surface area contributed by atoms with E-state index in [1.54, 1.807) is 36.4 Å². The molecule has 2 aromatic rings. The number of anilines is 1. The SMILES string of the molecule is C=CCOc1c(OCC)cc(/C=C2/C(=O)NN(c3ccccc3)C2=O)c(Br)c1Cl. The minimum absolute atomic E-state index is 0.0205. The highest BCUT2D eigenvalue weighted by Crippen LogP contribution is 2.43. The molecule has 1 N–H and O–H groups in total. The van der Waals surface area contributed by atoms with E-state index in [9.17, 15) is 9.59 Å². The number of nitrogens with one attached hydrogen (secondary N) is 1. The number of hydrogen-bond acceptors (Lipinski definition) is 4. The van der Waals surface area contributed by atoms with Crippen LogP contribution in [0.25, 0.3) is 6.08 Å². The van der Waals surface area contributed by atoms with Gasteiger partial charge in [0.2, 0.25) is 0 Å². The Labute approximate surface area is 181 Å². The van der Waals surface area contributed by atoms with E-state index in [4.69, 9.17) is 21.1 Å². The molecule has 0 spiro atoms. The number of para-hydroxylation sites is 1. The number of carbonyl (C=O) groups is 2. The van der Waals surface area contributed by atoms with Crippen LogP contribution in [0.3, 0.4) is 0 Å². The van der Waals surface area contributed by atoms with E-state index in [0.29, 0.717) is 33.8 Å². The van der Waals surface area contributed by atoms with Gasteiger partial charge in [0, 0.05) is 4.47 Å². The standard InChI is InChI=1S/C21H18BrClN2O4/c1-3-10-29-19-16(28-4-2)12-13(17(22)18(19)23)11-15-20(26)24-25(21(15)27)14-8-6-5-7-9-14/h3,5-9,11-12H,1,4,10H2,2H3,(H,24,26)/b15-11-. The van der Waals surface area contributed by atoms with Crippen LogP contribution in [0.15, 0.2) is 59.1 Å². The van der Waals surface area contributed by atoms with Gasteiger partial charge in [0.25, 0.3) is 11.8 Å². The van der Waals surface area contributed by atoms with Gasteiger partial charge >= 0.3 is 0 Å². The lowest BCUT2D eigenvalue weighted by atomic mass is 10.1. The van der Waals surface area contributed by atoms with E-state index in [1.165, 1.54) is 11.1 Å². The van der Waals surface area contributed by atoms with Crippen LogP contribution in [0, 0.1) is 0 Å². The van der Waals surface area contributed by atoms with Gasteiger partial charge < -0.3 is 9.47 Å². The Kier molecular flexibility index (Phi) is 6.61. The molecule has 1 heterocycles. The molecule has 0 saturated carbocycles. The molecule has 150 valence electrons. The summed E-state index contributed by atoms with van der Waals surface area (Å²) in [5.41, 5.74) is 3.62. The maximum absolute atomic E-state index is 12.8. The molecule has 0 aromatic heterocycles. The second kappa shape index (κ2) is 9.15. The summed E-state index contributed by atoms with van der Waals surface area (Å²) in [6.07, 6.45) is 3.06. The van der Waals surface area contributed by atoms with Crippen LogP contribution in [0.1, 0.15) is 12.5 Å². The summed E-state index contributed by atoms with van der Waals surface area (Å²) < 4.78 is 11.7. The van der Waals surface area contributed by atoms with Crippen molar-refractivity contribution in [3.05, 3.63) is 69.7 Å². The molecule has 0 radical (unpaired) electrons.